The molecule has 4 nitrogen and oxygen atoms in total. The van der Waals surface area contributed by atoms with Gasteiger partial charge in [-0.1, -0.05) is 31.4 Å². The van der Waals surface area contributed by atoms with Crippen molar-refractivity contribution in [2.24, 2.45) is 0 Å². The first-order chi connectivity index (χ1) is 9.74. The lowest BCUT2D eigenvalue weighted by atomic mass is 9.93. The average molecular weight is 272 g/mol. The number of benzene rings is 1. The number of esters is 1. The molecule has 2 rings (SSSR count). The summed E-state index contributed by atoms with van der Waals surface area (Å²) >= 11 is 0. The first kappa shape index (κ1) is 14.5. The van der Waals surface area contributed by atoms with Crippen LogP contribution in [0.15, 0.2) is 24.3 Å². The topological polar surface area (TPSA) is 62.1 Å². The van der Waals surface area contributed by atoms with Crippen LogP contribution in [0.25, 0.3) is 0 Å². The lowest BCUT2D eigenvalue weighted by molar-refractivity contribution is -0.143. The van der Waals surface area contributed by atoms with Crippen molar-refractivity contribution >= 4 is 5.97 Å². The Morgan fingerprint density at radius 3 is 2.80 bits per heavy atom. The third-order valence-corrected chi connectivity index (χ3v) is 3.79. The van der Waals surface area contributed by atoms with E-state index in [1.54, 1.807) is 18.2 Å². The molecule has 1 atom stereocenters. The maximum atomic E-state index is 12.0. The number of ether oxygens (including phenoxy) is 1. The Hall–Kier alpha value is -1.86. The van der Waals surface area contributed by atoms with E-state index >= 15 is 0 Å². The zero-order chi connectivity index (χ0) is 14.4. The average Bonchev–Trinajstić information content (AvgIpc) is 2.53. The summed E-state index contributed by atoms with van der Waals surface area (Å²) in [4.78, 5) is 12.0. The Balaban J connectivity index is 2.18. The highest BCUT2D eigenvalue weighted by Gasteiger charge is 2.25. The Bertz CT molecular complexity index is 501. The van der Waals surface area contributed by atoms with E-state index < -0.39 is 6.04 Å². The zero-order valence-corrected chi connectivity index (χ0v) is 11.8. The van der Waals surface area contributed by atoms with Crippen LogP contribution in [-0.2, 0) is 9.53 Å². The summed E-state index contributed by atoms with van der Waals surface area (Å²) in [7, 11) is 1.39. The molecule has 1 saturated carbocycles. The van der Waals surface area contributed by atoms with Crippen LogP contribution in [0.3, 0.4) is 0 Å². The van der Waals surface area contributed by atoms with Gasteiger partial charge in [0.25, 0.3) is 0 Å². The number of hydrogen-bond acceptors (Lipinski definition) is 4. The van der Waals surface area contributed by atoms with Crippen molar-refractivity contribution in [3.8, 4) is 6.07 Å². The van der Waals surface area contributed by atoms with Crippen LogP contribution in [0.4, 0.5) is 0 Å². The van der Waals surface area contributed by atoms with Crippen LogP contribution in [0.1, 0.15) is 49.3 Å². The highest BCUT2D eigenvalue weighted by Crippen LogP contribution is 2.23. The molecule has 0 aliphatic heterocycles. The molecule has 0 bridgehead atoms. The summed E-state index contributed by atoms with van der Waals surface area (Å²) in [5.41, 5.74) is 1.35. The quantitative estimate of drug-likeness (QED) is 0.856. The van der Waals surface area contributed by atoms with Crippen molar-refractivity contribution in [3.05, 3.63) is 35.4 Å². The van der Waals surface area contributed by atoms with Gasteiger partial charge in [0, 0.05) is 6.04 Å². The second kappa shape index (κ2) is 7.06. The van der Waals surface area contributed by atoms with E-state index in [0.29, 0.717) is 11.6 Å². The number of carbonyl (C=O) groups is 1. The van der Waals surface area contributed by atoms with E-state index in [1.165, 1.54) is 26.4 Å². The fraction of sp³-hybridized carbons (Fsp3) is 0.500. The summed E-state index contributed by atoms with van der Waals surface area (Å²) in [5.74, 6) is -0.300. The fourth-order valence-corrected chi connectivity index (χ4v) is 2.71. The number of methoxy groups -OCH3 is 1. The first-order valence-corrected chi connectivity index (χ1v) is 7.08. The summed E-state index contributed by atoms with van der Waals surface area (Å²) in [6.07, 6.45) is 5.84. The Labute approximate surface area is 119 Å². The van der Waals surface area contributed by atoms with Gasteiger partial charge in [0.05, 0.1) is 18.7 Å². The zero-order valence-electron chi connectivity index (χ0n) is 11.8. The van der Waals surface area contributed by atoms with Gasteiger partial charge < -0.3 is 4.74 Å². The Kier molecular flexibility index (Phi) is 5.14. The normalized spacial score (nSPS) is 17.2. The number of hydrogen-bond donors (Lipinski definition) is 1. The summed E-state index contributed by atoms with van der Waals surface area (Å²) < 4.78 is 4.90. The molecule has 1 fully saturated rings. The van der Waals surface area contributed by atoms with Gasteiger partial charge in [-0.05, 0) is 30.5 Å². The predicted octanol–water partition coefficient (Wildman–Crippen LogP) is 2.69. The molecule has 1 aromatic carbocycles. The molecule has 0 heterocycles. The van der Waals surface area contributed by atoms with Crippen LogP contribution in [0.5, 0.6) is 0 Å². The smallest absolute Gasteiger partial charge is 0.327 e. The highest BCUT2D eigenvalue weighted by molar-refractivity contribution is 5.77. The molecule has 4 heteroatoms. The summed E-state index contributed by atoms with van der Waals surface area (Å²) in [6.45, 7) is 0. The van der Waals surface area contributed by atoms with Gasteiger partial charge in [0.2, 0.25) is 0 Å². The van der Waals surface area contributed by atoms with Gasteiger partial charge >= 0.3 is 5.97 Å². The number of nitrogens with zero attached hydrogens (tertiary/aromatic N) is 1. The Morgan fingerprint density at radius 2 is 2.15 bits per heavy atom. The van der Waals surface area contributed by atoms with E-state index in [2.05, 4.69) is 11.4 Å². The largest absolute Gasteiger partial charge is 0.468 e. The first-order valence-electron chi connectivity index (χ1n) is 7.08. The predicted molar refractivity (Wildman–Crippen MR) is 75.9 cm³/mol. The number of carbonyl (C=O) groups excluding carboxylic acids is 1. The molecule has 1 N–H and O–H groups in total. The summed E-state index contributed by atoms with van der Waals surface area (Å²) in [6, 6.07) is 9.10. The highest BCUT2D eigenvalue weighted by atomic mass is 16.5. The minimum Gasteiger partial charge on any atom is -0.468 e. The molecule has 0 aromatic heterocycles. The van der Waals surface area contributed by atoms with E-state index in [1.807, 2.05) is 6.07 Å². The minimum atomic E-state index is -0.489. The third kappa shape index (κ3) is 3.58. The van der Waals surface area contributed by atoms with Crippen molar-refractivity contribution in [1.82, 2.24) is 5.32 Å². The SMILES string of the molecule is COC(=O)C(NC1CCCCC1)c1cccc(C#N)c1. The second-order valence-corrected chi connectivity index (χ2v) is 5.20. The molecular weight excluding hydrogens is 252 g/mol. The maximum absolute atomic E-state index is 12.0. The standard InChI is InChI=1S/C16H20N2O2/c1-20-16(19)15(18-14-8-3-2-4-9-14)13-7-5-6-12(10-13)11-17/h5-7,10,14-15,18H,2-4,8-9H2,1H3. The maximum Gasteiger partial charge on any atom is 0.327 e. The second-order valence-electron chi connectivity index (χ2n) is 5.20. The van der Waals surface area contributed by atoms with Gasteiger partial charge in [-0.25, -0.2) is 4.79 Å². The van der Waals surface area contributed by atoms with Crippen LogP contribution < -0.4 is 5.32 Å². The number of rotatable bonds is 4. The molecule has 20 heavy (non-hydrogen) atoms. The van der Waals surface area contributed by atoms with Crippen molar-refractivity contribution < 1.29 is 9.53 Å². The molecule has 1 aliphatic rings. The summed E-state index contributed by atoms with van der Waals surface area (Å²) in [5, 5.41) is 12.4. The van der Waals surface area contributed by atoms with Crippen LogP contribution in [0.2, 0.25) is 0 Å². The van der Waals surface area contributed by atoms with E-state index in [-0.39, 0.29) is 5.97 Å². The number of nitrogens with one attached hydrogen (secondary N) is 1. The van der Waals surface area contributed by atoms with Gasteiger partial charge in [-0.3, -0.25) is 5.32 Å². The Morgan fingerprint density at radius 1 is 1.40 bits per heavy atom. The third-order valence-electron chi connectivity index (χ3n) is 3.79. The van der Waals surface area contributed by atoms with Gasteiger partial charge in [-0.2, -0.15) is 5.26 Å². The molecule has 0 amide bonds. The monoisotopic (exact) mass is 272 g/mol. The van der Waals surface area contributed by atoms with Gasteiger partial charge in [0.15, 0.2) is 0 Å². The number of nitriles is 1. The van der Waals surface area contributed by atoms with E-state index in [0.717, 1.165) is 18.4 Å². The molecular formula is C16H20N2O2. The van der Waals surface area contributed by atoms with Crippen LogP contribution in [-0.4, -0.2) is 19.1 Å². The fourth-order valence-electron chi connectivity index (χ4n) is 2.71. The van der Waals surface area contributed by atoms with E-state index in [4.69, 9.17) is 10.00 Å². The van der Waals surface area contributed by atoms with Crippen molar-refractivity contribution in [2.75, 3.05) is 7.11 Å². The molecule has 0 spiro atoms. The molecule has 1 aromatic rings. The molecule has 106 valence electrons. The van der Waals surface area contributed by atoms with Crippen molar-refractivity contribution in [3.63, 3.8) is 0 Å². The van der Waals surface area contributed by atoms with Gasteiger partial charge in [0.1, 0.15) is 6.04 Å². The molecule has 0 radical (unpaired) electrons. The lowest BCUT2D eigenvalue weighted by Crippen LogP contribution is -2.38. The molecule has 1 unspecified atom stereocenters. The van der Waals surface area contributed by atoms with Crippen LogP contribution in [0, 0.1) is 11.3 Å². The van der Waals surface area contributed by atoms with E-state index in [9.17, 15) is 4.79 Å². The van der Waals surface area contributed by atoms with Crippen molar-refractivity contribution in [2.45, 2.75) is 44.2 Å². The minimum absolute atomic E-state index is 0.300. The lowest BCUT2D eigenvalue weighted by Gasteiger charge is -2.27. The molecule has 1 aliphatic carbocycles. The van der Waals surface area contributed by atoms with Crippen molar-refractivity contribution in [1.29, 1.82) is 5.26 Å². The van der Waals surface area contributed by atoms with Gasteiger partial charge in [-0.15, -0.1) is 0 Å². The molecule has 0 saturated heterocycles. The van der Waals surface area contributed by atoms with Crippen LogP contribution >= 0.6 is 0 Å².